The van der Waals surface area contributed by atoms with E-state index in [2.05, 4.69) is 4.98 Å². The number of halogens is 3. The van der Waals surface area contributed by atoms with Crippen molar-refractivity contribution in [3.05, 3.63) is 29.5 Å². The van der Waals surface area contributed by atoms with Gasteiger partial charge in [0.15, 0.2) is 0 Å². The number of aromatic carboxylic acids is 1. The highest BCUT2D eigenvalue weighted by Crippen LogP contribution is 2.35. The second kappa shape index (κ2) is 3.41. The minimum absolute atomic E-state index is 0.0511. The lowest BCUT2D eigenvalue weighted by molar-refractivity contribution is -0.141. The van der Waals surface area contributed by atoms with Gasteiger partial charge in [0, 0.05) is 16.6 Å². The number of aromatic nitrogens is 1. The molecule has 0 aliphatic carbocycles. The molecule has 0 unspecified atom stereocenters. The zero-order valence-electron chi connectivity index (χ0n) is 8.30. The number of aromatic amines is 1. The molecule has 1 heterocycles. The van der Waals surface area contributed by atoms with Crippen molar-refractivity contribution >= 4 is 22.6 Å². The van der Waals surface area contributed by atoms with Crippen LogP contribution in [0.15, 0.2) is 18.2 Å². The molecule has 0 radical (unpaired) electrons. The average molecular weight is 244 g/mol. The van der Waals surface area contributed by atoms with Crippen LogP contribution in [0.25, 0.3) is 10.9 Å². The number of fused-ring (bicyclic) bond motifs is 1. The molecule has 17 heavy (non-hydrogen) atoms. The number of rotatable bonds is 1. The molecule has 4 nitrogen and oxygen atoms in total. The summed E-state index contributed by atoms with van der Waals surface area (Å²) in [6.45, 7) is 0. The number of hydrogen-bond acceptors (Lipinski definition) is 2. The Balaban J connectivity index is 2.86. The lowest BCUT2D eigenvalue weighted by atomic mass is 10.1. The minimum atomic E-state index is -4.75. The van der Waals surface area contributed by atoms with E-state index in [1.165, 1.54) is 18.2 Å². The summed E-state index contributed by atoms with van der Waals surface area (Å²) in [6, 6.07) is 3.90. The fourth-order valence-corrected chi connectivity index (χ4v) is 1.64. The van der Waals surface area contributed by atoms with Crippen molar-refractivity contribution < 1.29 is 23.1 Å². The summed E-state index contributed by atoms with van der Waals surface area (Å²) in [5, 5.41) is 8.79. The van der Waals surface area contributed by atoms with Crippen molar-refractivity contribution in [3.63, 3.8) is 0 Å². The lowest BCUT2D eigenvalue weighted by Gasteiger charge is -2.04. The number of alkyl halides is 3. The third-order valence-corrected chi connectivity index (χ3v) is 2.32. The van der Waals surface area contributed by atoms with E-state index in [-0.39, 0.29) is 16.6 Å². The molecule has 0 atom stereocenters. The molecule has 7 heteroatoms. The topological polar surface area (TPSA) is 79.1 Å². The first-order chi connectivity index (χ1) is 7.80. The van der Waals surface area contributed by atoms with Crippen LogP contribution in [-0.4, -0.2) is 16.1 Å². The van der Waals surface area contributed by atoms with E-state index in [0.717, 1.165) is 0 Å². The van der Waals surface area contributed by atoms with Crippen LogP contribution in [0.1, 0.15) is 16.1 Å². The SMILES string of the molecule is Nc1ccc2[nH]c(C(F)(F)F)c(C(=O)O)c2c1. The Morgan fingerprint density at radius 2 is 2.00 bits per heavy atom. The van der Waals surface area contributed by atoms with Gasteiger partial charge in [-0.2, -0.15) is 13.2 Å². The van der Waals surface area contributed by atoms with E-state index in [1.54, 1.807) is 0 Å². The number of benzene rings is 1. The van der Waals surface area contributed by atoms with Crippen molar-refractivity contribution in [2.75, 3.05) is 5.73 Å². The van der Waals surface area contributed by atoms with E-state index < -0.39 is 23.4 Å². The molecule has 0 fully saturated rings. The van der Waals surface area contributed by atoms with Gasteiger partial charge < -0.3 is 15.8 Å². The normalized spacial score (nSPS) is 11.9. The summed E-state index contributed by atoms with van der Waals surface area (Å²) in [5.74, 6) is -1.64. The van der Waals surface area contributed by atoms with Crippen molar-refractivity contribution in [1.82, 2.24) is 4.98 Å². The van der Waals surface area contributed by atoms with Crippen molar-refractivity contribution in [2.45, 2.75) is 6.18 Å². The quantitative estimate of drug-likeness (QED) is 0.674. The summed E-state index contributed by atoms with van der Waals surface area (Å²) in [4.78, 5) is 12.9. The molecule has 0 aliphatic heterocycles. The smallest absolute Gasteiger partial charge is 0.432 e. The standard InChI is InChI=1S/C10H7F3N2O2/c11-10(12,13)8-7(9(16)17)5-3-4(14)1-2-6(5)15-8/h1-3,15H,14H2,(H,16,17). The number of hydrogen-bond donors (Lipinski definition) is 3. The molecule has 2 aromatic rings. The minimum Gasteiger partial charge on any atom is -0.478 e. The van der Waals surface area contributed by atoms with Gasteiger partial charge in [0.25, 0.3) is 0 Å². The molecule has 4 N–H and O–H groups in total. The molecule has 1 aromatic carbocycles. The van der Waals surface area contributed by atoms with Crippen LogP contribution in [0.2, 0.25) is 0 Å². The highest BCUT2D eigenvalue weighted by atomic mass is 19.4. The van der Waals surface area contributed by atoms with E-state index in [1.807, 2.05) is 0 Å². The highest BCUT2D eigenvalue weighted by molar-refractivity contribution is 6.05. The molecule has 0 saturated heterocycles. The summed E-state index contributed by atoms with van der Waals surface area (Å²) < 4.78 is 37.9. The lowest BCUT2D eigenvalue weighted by Crippen LogP contribution is -2.11. The number of nitrogen functional groups attached to an aromatic ring is 1. The van der Waals surface area contributed by atoms with Crippen molar-refractivity contribution in [2.24, 2.45) is 0 Å². The zero-order valence-corrected chi connectivity index (χ0v) is 8.30. The fourth-order valence-electron chi connectivity index (χ4n) is 1.64. The third kappa shape index (κ3) is 1.79. The molecular weight excluding hydrogens is 237 g/mol. The second-order valence-electron chi connectivity index (χ2n) is 3.48. The monoisotopic (exact) mass is 244 g/mol. The number of carboxylic acid groups (broad SMARTS) is 1. The Hall–Kier alpha value is -2.18. The van der Waals surface area contributed by atoms with Gasteiger partial charge in [-0.3, -0.25) is 0 Å². The van der Waals surface area contributed by atoms with Crippen LogP contribution >= 0.6 is 0 Å². The Labute approximate surface area is 92.8 Å². The second-order valence-corrected chi connectivity index (χ2v) is 3.48. The first kappa shape index (κ1) is 11.3. The number of nitrogens with one attached hydrogen (secondary N) is 1. The van der Waals surface area contributed by atoms with Gasteiger partial charge in [0.2, 0.25) is 0 Å². The number of nitrogens with two attached hydrogens (primary N) is 1. The van der Waals surface area contributed by atoms with E-state index in [9.17, 15) is 18.0 Å². The van der Waals surface area contributed by atoms with Crippen molar-refractivity contribution in [3.8, 4) is 0 Å². The Bertz CT molecular complexity index is 601. The number of anilines is 1. The van der Waals surface area contributed by atoms with Crippen LogP contribution < -0.4 is 5.73 Å². The summed E-state index contributed by atoms with van der Waals surface area (Å²) in [7, 11) is 0. The largest absolute Gasteiger partial charge is 0.478 e. The van der Waals surface area contributed by atoms with Gasteiger partial charge >= 0.3 is 12.1 Å². The molecule has 0 bridgehead atoms. The van der Waals surface area contributed by atoms with E-state index in [4.69, 9.17) is 10.8 Å². The van der Waals surface area contributed by atoms with Crippen LogP contribution in [-0.2, 0) is 6.18 Å². The maximum atomic E-state index is 12.6. The number of carbonyl (C=O) groups is 1. The van der Waals surface area contributed by atoms with Gasteiger partial charge in [-0.1, -0.05) is 0 Å². The maximum absolute atomic E-state index is 12.6. The van der Waals surface area contributed by atoms with Crippen LogP contribution in [0.4, 0.5) is 18.9 Å². The summed E-state index contributed by atoms with van der Waals surface area (Å²) in [5.41, 5.74) is 3.63. The average Bonchev–Trinajstić information content (AvgIpc) is 2.55. The van der Waals surface area contributed by atoms with Crippen LogP contribution in [0, 0.1) is 0 Å². The van der Waals surface area contributed by atoms with Crippen molar-refractivity contribution in [1.29, 1.82) is 0 Å². The first-order valence-corrected chi connectivity index (χ1v) is 4.52. The molecular formula is C10H7F3N2O2. The zero-order chi connectivity index (χ0) is 12.8. The van der Waals surface area contributed by atoms with E-state index >= 15 is 0 Å². The Morgan fingerprint density at radius 3 is 2.53 bits per heavy atom. The van der Waals surface area contributed by atoms with Gasteiger partial charge in [-0.25, -0.2) is 4.79 Å². The van der Waals surface area contributed by atoms with Gasteiger partial charge in [0.1, 0.15) is 5.69 Å². The third-order valence-electron chi connectivity index (χ3n) is 2.32. The van der Waals surface area contributed by atoms with Gasteiger partial charge in [-0.05, 0) is 18.2 Å². The molecule has 0 aliphatic rings. The molecule has 0 amide bonds. The van der Waals surface area contributed by atoms with Crippen LogP contribution in [0.5, 0.6) is 0 Å². The highest BCUT2D eigenvalue weighted by Gasteiger charge is 2.38. The maximum Gasteiger partial charge on any atom is 0.432 e. The summed E-state index contributed by atoms with van der Waals surface area (Å²) in [6.07, 6.45) is -4.75. The molecule has 90 valence electrons. The predicted molar refractivity (Wildman–Crippen MR) is 54.7 cm³/mol. The molecule has 0 spiro atoms. The number of carboxylic acids is 1. The van der Waals surface area contributed by atoms with Crippen LogP contribution in [0.3, 0.4) is 0 Å². The molecule has 1 aromatic heterocycles. The number of H-pyrrole nitrogens is 1. The fraction of sp³-hybridized carbons (Fsp3) is 0.100. The van der Waals surface area contributed by atoms with E-state index in [0.29, 0.717) is 0 Å². The summed E-state index contributed by atoms with van der Waals surface area (Å²) >= 11 is 0. The Morgan fingerprint density at radius 1 is 1.35 bits per heavy atom. The molecule has 0 saturated carbocycles. The first-order valence-electron chi connectivity index (χ1n) is 4.52. The predicted octanol–water partition coefficient (Wildman–Crippen LogP) is 2.47. The molecule has 2 rings (SSSR count). The van der Waals surface area contributed by atoms with Gasteiger partial charge in [-0.15, -0.1) is 0 Å². The Kier molecular flexibility index (Phi) is 2.27. The van der Waals surface area contributed by atoms with Gasteiger partial charge in [0.05, 0.1) is 5.56 Å².